The van der Waals surface area contributed by atoms with Gasteiger partial charge in [-0.1, -0.05) is 6.08 Å². The lowest BCUT2D eigenvalue weighted by Gasteiger charge is -2.33. The first-order valence-corrected chi connectivity index (χ1v) is 8.68. The van der Waals surface area contributed by atoms with Crippen LogP contribution in [0.25, 0.3) is 0 Å². The lowest BCUT2D eigenvalue weighted by molar-refractivity contribution is -0.146. The van der Waals surface area contributed by atoms with Crippen LogP contribution in [-0.4, -0.2) is 61.6 Å². The molecule has 21 heavy (non-hydrogen) atoms. The van der Waals surface area contributed by atoms with Crippen molar-refractivity contribution in [2.24, 2.45) is 10.9 Å². The second-order valence-electron chi connectivity index (χ2n) is 4.88. The Kier molecular flexibility index (Phi) is 8.98. The van der Waals surface area contributed by atoms with Crippen molar-refractivity contribution in [1.29, 1.82) is 0 Å². The lowest BCUT2D eigenvalue weighted by Crippen LogP contribution is -2.46. The maximum atomic E-state index is 11.5. The van der Waals surface area contributed by atoms with Crippen LogP contribution in [0.15, 0.2) is 17.6 Å². The number of nitrogens with one attached hydrogen (secondary N) is 1. The van der Waals surface area contributed by atoms with Crippen LogP contribution in [0.2, 0.25) is 0 Å². The standard InChI is InChI=1S/C15H27N3O2S/c1-4-11-21-12-8-17-15(16-5-2)18-9-6-13(7-10-18)14(19)20-3/h4,13H,1,5-12H2,2-3H3,(H,16,17). The molecule has 1 saturated heterocycles. The Morgan fingerprint density at radius 1 is 1.52 bits per heavy atom. The molecule has 0 amide bonds. The molecule has 1 fully saturated rings. The molecular formula is C15H27N3O2S. The first-order valence-electron chi connectivity index (χ1n) is 7.52. The number of hydrogen-bond donors (Lipinski definition) is 1. The van der Waals surface area contributed by atoms with Gasteiger partial charge in [-0.25, -0.2) is 0 Å². The van der Waals surface area contributed by atoms with E-state index >= 15 is 0 Å². The van der Waals surface area contributed by atoms with E-state index in [0.717, 1.165) is 56.5 Å². The van der Waals surface area contributed by atoms with Crippen molar-refractivity contribution in [3.8, 4) is 0 Å². The smallest absolute Gasteiger partial charge is 0.308 e. The van der Waals surface area contributed by atoms with Crippen LogP contribution in [0.3, 0.4) is 0 Å². The molecule has 1 aliphatic rings. The van der Waals surface area contributed by atoms with E-state index < -0.39 is 0 Å². The molecule has 0 aromatic carbocycles. The van der Waals surface area contributed by atoms with Gasteiger partial charge in [0.1, 0.15) is 0 Å². The lowest BCUT2D eigenvalue weighted by atomic mass is 9.97. The fraction of sp³-hybridized carbons (Fsp3) is 0.733. The number of methoxy groups -OCH3 is 1. The van der Waals surface area contributed by atoms with Gasteiger partial charge in [0.15, 0.2) is 5.96 Å². The summed E-state index contributed by atoms with van der Waals surface area (Å²) in [5.74, 6) is 2.88. The molecule has 0 saturated carbocycles. The molecule has 6 heteroatoms. The Balaban J connectivity index is 2.44. The van der Waals surface area contributed by atoms with Gasteiger partial charge in [0.2, 0.25) is 0 Å². The molecule has 0 bridgehead atoms. The van der Waals surface area contributed by atoms with Gasteiger partial charge in [0.25, 0.3) is 0 Å². The molecule has 0 atom stereocenters. The monoisotopic (exact) mass is 313 g/mol. The van der Waals surface area contributed by atoms with E-state index in [4.69, 9.17) is 4.74 Å². The zero-order valence-electron chi connectivity index (χ0n) is 13.1. The van der Waals surface area contributed by atoms with E-state index in [1.54, 1.807) is 0 Å². The third kappa shape index (κ3) is 6.42. The fourth-order valence-electron chi connectivity index (χ4n) is 2.30. The Hall–Kier alpha value is -1.17. The summed E-state index contributed by atoms with van der Waals surface area (Å²) in [5.41, 5.74) is 0. The minimum absolute atomic E-state index is 0.0391. The van der Waals surface area contributed by atoms with Crippen molar-refractivity contribution in [2.45, 2.75) is 19.8 Å². The Morgan fingerprint density at radius 2 is 2.24 bits per heavy atom. The summed E-state index contributed by atoms with van der Waals surface area (Å²) in [6.07, 6.45) is 3.59. The van der Waals surface area contributed by atoms with Gasteiger partial charge in [0, 0.05) is 31.1 Å². The summed E-state index contributed by atoms with van der Waals surface area (Å²) in [6.45, 7) is 9.15. The van der Waals surface area contributed by atoms with E-state index in [1.807, 2.05) is 17.8 Å². The summed E-state index contributed by atoms with van der Waals surface area (Å²) in [6, 6.07) is 0. The average Bonchev–Trinajstić information content (AvgIpc) is 2.53. The highest BCUT2D eigenvalue weighted by Crippen LogP contribution is 2.18. The SMILES string of the molecule is C=CCSCCN=C(NCC)N1CCC(C(=O)OC)CC1. The topological polar surface area (TPSA) is 53.9 Å². The highest BCUT2D eigenvalue weighted by molar-refractivity contribution is 7.99. The molecule has 120 valence electrons. The van der Waals surface area contributed by atoms with Gasteiger partial charge in [-0.15, -0.1) is 6.58 Å². The van der Waals surface area contributed by atoms with Gasteiger partial charge in [-0.2, -0.15) is 11.8 Å². The number of hydrogen-bond acceptors (Lipinski definition) is 4. The number of ether oxygens (including phenoxy) is 1. The Bertz CT molecular complexity index is 353. The van der Waals surface area contributed by atoms with E-state index in [2.05, 4.69) is 28.7 Å². The first-order chi connectivity index (χ1) is 10.2. The fourth-order valence-corrected chi connectivity index (χ4v) is 2.86. The average molecular weight is 313 g/mol. The number of guanidine groups is 1. The summed E-state index contributed by atoms with van der Waals surface area (Å²) in [7, 11) is 1.46. The number of aliphatic imine (C=N–C) groups is 1. The molecule has 0 radical (unpaired) electrons. The van der Waals surface area contributed by atoms with Gasteiger partial charge in [-0.05, 0) is 19.8 Å². The van der Waals surface area contributed by atoms with Crippen LogP contribution in [0, 0.1) is 5.92 Å². The van der Waals surface area contributed by atoms with Gasteiger partial charge in [-0.3, -0.25) is 9.79 Å². The molecule has 1 heterocycles. The van der Waals surface area contributed by atoms with Crippen LogP contribution in [0.5, 0.6) is 0 Å². The highest BCUT2D eigenvalue weighted by Gasteiger charge is 2.26. The number of piperidine rings is 1. The summed E-state index contributed by atoms with van der Waals surface area (Å²) >= 11 is 1.83. The van der Waals surface area contributed by atoms with Crippen LogP contribution >= 0.6 is 11.8 Å². The predicted octanol–water partition coefficient (Wildman–Crippen LogP) is 1.76. The largest absolute Gasteiger partial charge is 0.469 e. The van der Waals surface area contributed by atoms with Crippen LogP contribution < -0.4 is 5.32 Å². The molecular weight excluding hydrogens is 286 g/mol. The predicted molar refractivity (Wildman–Crippen MR) is 89.8 cm³/mol. The van der Waals surface area contributed by atoms with E-state index in [-0.39, 0.29) is 11.9 Å². The zero-order valence-corrected chi connectivity index (χ0v) is 14.0. The highest BCUT2D eigenvalue weighted by atomic mass is 32.2. The molecule has 1 aliphatic heterocycles. The van der Waals surface area contributed by atoms with Crippen molar-refractivity contribution < 1.29 is 9.53 Å². The molecule has 0 unspecified atom stereocenters. The van der Waals surface area contributed by atoms with Crippen molar-refractivity contribution >= 4 is 23.7 Å². The molecule has 0 spiro atoms. The van der Waals surface area contributed by atoms with Crippen molar-refractivity contribution in [3.63, 3.8) is 0 Å². The van der Waals surface area contributed by atoms with Crippen LogP contribution in [-0.2, 0) is 9.53 Å². The minimum Gasteiger partial charge on any atom is -0.469 e. The van der Waals surface area contributed by atoms with Gasteiger partial charge < -0.3 is 15.0 Å². The molecule has 0 aliphatic carbocycles. The zero-order chi connectivity index (χ0) is 15.5. The summed E-state index contributed by atoms with van der Waals surface area (Å²) < 4.78 is 4.82. The summed E-state index contributed by atoms with van der Waals surface area (Å²) in [5, 5.41) is 3.33. The Morgan fingerprint density at radius 3 is 2.81 bits per heavy atom. The number of likely N-dealkylation sites (tertiary alicyclic amines) is 1. The van der Waals surface area contributed by atoms with Crippen molar-refractivity contribution in [2.75, 3.05) is 44.8 Å². The normalized spacial score (nSPS) is 16.7. The second-order valence-corrected chi connectivity index (χ2v) is 6.03. The quantitative estimate of drug-likeness (QED) is 0.255. The third-order valence-electron chi connectivity index (χ3n) is 3.40. The molecule has 1 rings (SSSR count). The maximum Gasteiger partial charge on any atom is 0.308 e. The summed E-state index contributed by atoms with van der Waals surface area (Å²) in [4.78, 5) is 18.4. The van der Waals surface area contributed by atoms with Gasteiger partial charge >= 0.3 is 5.97 Å². The number of carbonyl (C=O) groups is 1. The van der Waals surface area contributed by atoms with Gasteiger partial charge in [0.05, 0.1) is 19.6 Å². The maximum absolute atomic E-state index is 11.5. The Labute approximate surface area is 132 Å². The second kappa shape index (κ2) is 10.5. The van der Waals surface area contributed by atoms with E-state index in [1.165, 1.54) is 7.11 Å². The molecule has 0 aromatic rings. The van der Waals surface area contributed by atoms with E-state index in [0.29, 0.717) is 0 Å². The van der Waals surface area contributed by atoms with E-state index in [9.17, 15) is 4.79 Å². The molecule has 1 N–H and O–H groups in total. The van der Waals surface area contributed by atoms with Crippen LogP contribution in [0.1, 0.15) is 19.8 Å². The number of nitrogens with zero attached hydrogens (tertiary/aromatic N) is 2. The van der Waals surface area contributed by atoms with Crippen molar-refractivity contribution in [3.05, 3.63) is 12.7 Å². The number of rotatable bonds is 7. The van der Waals surface area contributed by atoms with Crippen molar-refractivity contribution in [1.82, 2.24) is 10.2 Å². The van der Waals surface area contributed by atoms with Crippen LogP contribution in [0.4, 0.5) is 0 Å². The first kappa shape index (κ1) is 17.9. The minimum atomic E-state index is -0.0857. The number of esters is 1. The molecule has 0 aromatic heterocycles. The third-order valence-corrected chi connectivity index (χ3v) is 4.34. The molecule has 5 nitrogen and oxygen atoms in total. The number of thioether (sulfide) groups is 1. The number of carbonyl (C=O) groups excluding carboxylic acids is 1.